The molecule has 0 aromatic heterocycles. The van der Waals surface area contributed by atoms with Crippen molar-refractivity contribution in [2.75, 3.05) is 0 Å². The van der Waals surface area contributed by atoms with Crippen LogP contribution in [0.3, 0.4) is 0 Å². The quantitative estimate of drug-likeness (QED) is 0.608. The van der Waals surface area contributed by atoms with Crippen LogP contribution < -0.4 is 5.32 Å². The molecule has 0 spiro atoms. The van der Waals surface area contributed by atoms with Crippen LogP contribution in [-0.2, 0) is 4.79 Å². The summed E-state index contributed by atoms with van der Waals surface area (Å²) in [6.07, 6.45) is 3.51. The Balaban J connectivity index is 2.16. The van der Waals surface area contributed by atoms with Crippen LogP contribution in [0.1, 0.15) is 26.2 Å². The van der Waals surface area contributed by atoms with E-state index in [9.17, 15) is 4.79 Å². The van der Waals surface area contributed by atoms with E-state index < -0.39 is 5.97 Å². The van der Waals surface area contributed by atoms with Gasteiger partial charge in [0.05, 0.1) is 0 Å². The van der Waals surface area contributed by atoms with Gasteiger partial charge in [0.1, 0.15) is 6.04 Å². The molecule has 0 radical (unpaired) electrons. The van der Waals surface area contributed by atoms with Crippen molar-refractivity contribution in [3.8, 4) is 0 Å². The predicted octanol–water partition coefficient (Wildman–Crippen LogP) is 0.602. The first-order valence-corrected chi connectivity index (χ1v) is 3.69. The fourth-order valence-electron chi connectivity index (χ4n) is 1.000. The summed E-state index contributed by atoms with van der Waals surface area (Å²) in [5.41, 5.74) is 0. The van der Waals surface area contributed by atoms with Crippen LogP contribution in [0.5, 0.6) is 0 Å². The minimum Gasteiger partial charge on any atom is -0.480 e. The van der Waals surface area contributed by atoms with Crippen molar-refractivity contribution in [1.29, 1.82) is 0 Å². The Hall–Kier alpha value is -0.570. The zero-order chi connectivity index (χ0) is 7.56. The lowest BCUT2D eigenvalue weighted by Gasteiger charge is -2.28. The molecule has 3 heteroatoms. The van der Waals surface area contributed by atoms with Crippen molar-refractivity contribution in [2.24, 2.45) is 0 Å². The minimum atomic E-state index is -0.757. The van der Waals surface area contributed by atoms with Gasteiger partial charge < -0.3 is 10.4 Å². The van der Waals surface area contributed by atoms with Gasteiger partial charge in [0.2, 0.25) is 0 Å². The average molecular weight is 143 g/mol. The number of rotatable bonds is 3. The number of carbonyl (C=O) groups is 1. The van der Waals surface area contributed by atoms with Gasteiger partial charge in [-0.3, -0.25) is 4.79 Å². The molecule has 0 saturated heterocycles. The summed E-state index contributed by atoms with van der Waals surface area (Å²) in [6.45, 7) is 1.68. The van der Waals surface area contributed by atoms with Gasteiger partial charge in [-0.05, 0) is 19.8 Å². The van der Waals surface area contributed by atoms with Gasteiger partial charge in [0.25, 0.3) is 0 Å². The van der Waals surface area contributed by atoms with Crippen LogP contribution in [-0.4, -0.2) is 23.2 Å². The summed E-state index contributed by atoms with van der Waals surface area (Å²) in [7, 11) is 0. The lowest BCUT2D eigenvalue weighted by Crippen LogP contribution is -2.44. The average Bonchev–Trinajstić information content (AvgIpc) is 1.77. The summed E-state index contributed by atoms with van der Waals surface area (Å²) in [5, 5.41) is 11.5. The van der Waals surface area contributed by atoms with E-state index in [1.54, 1.807) is 6.92 Å². The normalized spacial score (nSPS) is 21.7. The second-order valence-corrected chi connectivity index (χ2v) is 2.85. The number of hydrogen-bond donors (Lipinski definition) is 2. The van der Waals surface area contributed by atoms with Gasteiger partial charge in [-0.25, -0.2) is 0 Å². The Bertz CT molecular complexity index is 132. The standard InChI is InChI=1S/C7H13NO2/c1-5(7(9)10)8-6-3-2-4-6/h5-6,8H,2-4H2,1H3,(H,9,10). The predicted molar refractivity (Wildman–Crippen MR) is 37.9 cm³/mol. The Morgan fingerprint density at radius 1 is 1.70 bits per heavy atom. The first-order valence-electron chi connectivity index (χ1n) is 3.69. The van der Waals surface area contributed by atoms with Crippen molar-refractivity contribution in [3.63, 3.8) is 0 Å². The van der Waals surface area contributed by atoms with Gasteiger partial charge in [0.15, 0.2) is 0 Å². The van der Waals surface area contributed by atoms with Crippen LogP contribution in [0, 0.1) is 0 Å². The third kappa shape index (κ3) is 1.70. The largest absolute Gasteiger partial charge is 0.480 e. The highest BCUT2D eigenvalue weighted by Gasteiger charge is 2.21. The summed E-state index contributed by atoms with van der Waals surface area (Å²) in [4.78, 5) is 10.3. The van der Waals surface area contributed by atoms with Gasteiger partial charge in [-0.1, -0.05) is 6.42 Å². The molecule has 3 nitrogen and oxygen atoms in total. The van der Waals surface area contributed by atoms with Gasteiger partial charge in [-0.2, -0.15) is 0 Å². The van der Waals surface area contributed by atoms with Crippen LogP contribution in [0.2, 0.25) is 0 Å². The van der Waals surface area contributed by atoms with E-state index >= 15 is 0 Å². The van der Waals surface area contributed by atoms with Crippen molar-refractivity contribution < 1.29 is 9.90 Å². The molecule has 1 fully saturated rings. The molecule has 0 bridgehead atoms. The summed E-state index contributed by atoms with van der Waals surface area (Å²) in [5.74, 6) is -0.757. The van der Waals surface area contributed by atoms with Crippen molar-refractivity contribution >= 4 is 5.97 Å². The maximum absolute atomic E-state index is 10.3. The molecular weight excluding hydrogens is 130 g/mol. The fraction of sp³-hybridized carbons (Fsp3) is 0.857. The smallest absolute Gasteiger partial charge is 0.320 e. The third-order valence-corrected chi connectivity index (χ3v) is 1.96. The Labute approximate surface area is 60.4 Å². The van der Waals surface area contributed by atoms with Crippen LogP contribution in [0.4, 0.5) is 0 Å². The van der Waals surface area contributed by atoms with E-state index in [4.69, 9.17) is 5.11 Å². The fourth-order valence-corrected chi connectivity index (χ4v) is 1.000. The van der Waals surface area contributed by atoms with Crippen molar-refractivity contribution in [3.05, 3.63) is 0 Å². The summed E-state index contributed by atoms with van der Waals surface area (Å²) >= 11 is 0. The third-order valence-electron chi connectivity index (χ3n) is 1.96. The number of aliphatic carboxylic acids is 1. The van der Waals surface area contributed by atoms with Crippen LogP contribution in [0.25, 0.3) is 0 Å². The molecule has 2 N–H and O–H groups in total. The van der Waals surface area contributed by atoms with Gasteiger partial charge >= 0.3 is 5.97 Å². The molecule has 0 heterocycles. The molecule has 1 unspecified atom stereocenters. The lowest BCUT2D eigenvalue weighted by atomic mass is 9.92. The topological polar surface area (TPSA) is 49.3 Å². The molecule has 1 saturated carbocycles. The highest BCUT2D eigenvalue weighted by atomic mass is 16.4. The number of nitrogens with one attached hydrogen (secondary N) is 1. The zero-order valence-corrected chi connectivity index (χ0v) is 6.13. The second-order valence-electron chi connectivity index (χ2n) is 2.85. The van der Waals surface area contributed by atoms with Crippen LogP contribution >= 0.6 is 0 Å². The molecule has 1 atom stereocenters. The van der Waals surface area contributed by atoms with E-state index in [0.29, 0.717) is 6.04 Å². The van der Waals surface area contributed by atoms with Crippen LogP contribution in [0.15, 0.2) is 0 Å². The molecule has 0 aromatic rings. The van der Waals surface area contributed by atoms with Crippen molar-refractivity contribution in [1.82, 2.24) is 5.32 Å². The first-order chi connectivity index (χ1) is 4.70. The molecule has 0 amide bonds. The maximum Gasteiger partial charge on any atom is 0.320 e. The Morgan fingerprint density at radius 2 is 2.30 bits per heavy atom. The molecule has 10 heavy (non-hydrogen) atoms. The first kappa shape index (κ1) is 7.54. The van der Waals surface area contributed by atoms with E-state index in [1.165, 1.54) is 6.42 Å². The molecule has 1 aliphatic carbocycles. The highest BCUT2D eigenvalue weighted by Crippen LogP contribution is 2.18. The monoisotopic (exact) mass is 143 g/mol. The van der Waals surface area contributed by atoms with Gasteiger partial charge in [0, 0.05) is 6.04 Å². The van der Waals surface area contributed by atoms with E-state index in [-0.39, 0.29) is 6.04 Å². The minimum absolute atomic E-state index is 0.384. The summed E-state index contributed by atoms with van der Waals surface area (Å²) in [6, 6.07) is 0.0800. The zero-order valence-electron chi connectivity index (χ0n) is 6.13. The highest BCUT2D eigenvalue weighted by molar-refractivity contribution is 5.72. The molecule has 0 aliphatic heterocycles. The van der Waals surface area contributed by atoms with Crippen molar-refractivity contribution in [2.45, 2.75) is 38.3 Å². The number of hydrogen-bond acceptors (Lipinski definition) is 2. The SMILES string of the molecule is CC(NC1CCC1)C(=O)O. The molecule has 1 rings (SSSR count). The van der Waals surface area contributed by atoms with E-state index in [2.05, 4.69) is 5.32 Å². The van der Waals surface area contributed by atoms with E-state index in [0.717, 1.165) is 12.8 Å². The maximum atomic E-state index is 10.3. The van der Waals surface area contributed by atoms with Gasteiger partial charge in [-0.15, -0.1) is 0 Å². The molecule has 0 aromatic carbocycles. The van der Waals surface area contributed by atoms with E-state index in [1.807, 2.05) is 0 Å². The molecule has 1 aliphatic rings. The number of carboxylic acid groups (broad SMARTS) is 1. The lowest BCUT2D eigenvalue weighted by molar-refractivity contribution is -0.139. The summed E-state index contributed by atoms with van der Waals surface area (Å²) < 4.78 is 0. The molecule has 58 valence electrons. The Kier molecular flexibility index (Phi) is 2.27. The Morgan fingerprint density at radius 3 is 2.60 bits per heavy atom. The second kappa shape index (κ2) is 3.01. The molecular formula is C7H13NO2. The number of carboxylic acids is 1.